The summed E-state index contributed by atoms with van der Waals surface area (Å²) >= 11 is 0. The van der Waals surface area contributed by atoms with E-state index in [9.17, 15) is 8.42 Å². The second-order valence-corrected chi connectivity index (χ2v) is 8.45. The number of rotatable bonds is 12. The molecule has 0 fully saturated rings. The molecule has 0 bridgehead atoms. The molecule has 0 radical (unpaired) electrons. The number of hydrogen-bond acceptors (Lipinski definition) is 6. The van der Waals surface area contributed by atoms with Crippen molar-refractivity contribution < 1.29 is 13.2 Å². The molecule has 0 saturated carbocycles. The Bertz CT molecular complexity index is 758. The monoisotopic (exact) mass is 394 g/mol. The van der Waals surface area contributed by atoms with E-state index in [0.29, 0.717) is 25.3 Å². The van der Waals surface area contributed by atoms with E-state index in [1.165, 1.54) is 5.57 Å². The van der Waals surface area contributed by atoms with Crippen LogP contribution in [-0.4, -0.2) is 78.8 Å². The first-order valence-corrected chi connectivity index (χ1v) is 10.8. The Kier molecular flexibility index (Phi) is 8.43. The molecule has 1 aromatic rings. The Labute approximate surface area is 162 Å². The lowest BCUT2D eigenvalue weighted by Crippen LogP contribution is -2.30. The van der Waals surface area contributed by atoms with Gasteiger partial charge in [-0.1, -0.05) is 18.2 Å². The maximum absolute atomic E-state index is 12.1. The van der Waals surface area contributed by atoms with Gasteiger partial charge in [-0.2, -0.15) is 0 Å². The highest BCUT2D eigenvalue weighted by Crippen LogP contribution is 2.19. The largest absolute Gasteiger partial charge is 0.385 e. The Morgan fingerprint density at radius 2 is 2.00 bits per heavy atom. The molecule has 0 amide bonds. The van der Waals surface area contributed by atoms with Crippen LogP contribution in [0.5, 0.6) is 0 Å². The third-order valence-corrected chi connectivity index (χ3v) is 5.64. The summed E-state index contributed by atoms with van der Waals surface area (Å²) < 4.78 is 31.6. The second-order valence-electron chi connectivity index (χ2n) is 6.60. The minimum Gasteiger partial charge on any atom is -0.385 e. The second kappa shape index (κ2) is 10.6. The lowest BCUT2D eigenvalue weighted by atomic mass is 10.0. The van der Waals surface area contributed by atoms with E-state index in [-0.39, 0.29) is 5.75 Å². The van der Waals surface area contributed by atoms with E-state index in [2.05, 4.69) is 33.1 Å². The highest BCUT2D eigenvalue weighted by Gasteiger charge is 2.16. The molecule has 2 N–H and O–H groups in total. The number of nitrogens with zero attached hydrogens (tertiary/aromatic N) is 2. The Morgan fingerprint density at radius 3 is 2.67 bits per heavy atom. The molecule has 7 nitrogen and oxygen atoms in total. The average Bonchev–Trinajstić information content (AvgIpc) is 3.08. The summed E-state index contributed by atoms with van der Waals surface area (Å²) in [6.07, 6.45) is 2.62. The lowest BCUT2D eigenvalue weighted by Gasteiger charge is -2.18. The van der Waals surface area contributed by atoms with Crippen molar-refractivity contribution in [2.75, 3.05) is 64.5 Å². The number of nitrogens with one attached hydrogen (secondary N) is 2. The van der Waals surface area contributed by atoms with E-state index in [1.54, 1.807) is 19.2 Å². The van der Waals surface area contributed by atoms with Gasteiger partial charge in [-0.3, -0.25) is 9.71 Å². The molecule has 2 rings (SSSR count). The van der Waals surface area contributed by atoms with Crippen molar-refractivity contribution in [3.8, 4) is 0 Å². The van der Waals surface area contributed by atoms with Crippen LogP contribution in [-0.2, 0) is 14.8 Å². The molecule has 8 heteroatoms. The van der Waals surface area contributed by atoms with Crippen molar-refractivity contribution in [3.05, 3.63) is 41.5 Å². The SMILES string of the molecule is CNCCN(C)CC1=CCN=C1c1ccc(NS(=O)(=O)CCCOC)cc1. The van der Waals surface area contributed by atoms with Gasteiger partial charge in [0.2, 0.25) is 10.0 Å². The fourth-order valence-corrected chi connectivity index (χ4v) is 3.95. The first kappa shape index (κ1) is 21.6. The molecule has 27 heavy (non-hydrogen) atoms. The molecule has 1 aromatic carbocycles. The molecule has 1 aliphatic rings. The number of ether oxygens (including phenoxy) is 1. The number of hydrogen-bond donors (Lipinski definition) is 2. The zero-order chi connectivity index (χ0) is 19.7. The zero-order valence-corrected chi connectivity index (χ0v) is 17.2. The van der Waals surface area contributed by atoms with Gasteiger partial charge in [0.25, 0.3) is 0 Å². The summed E-state index contributed by atoms with van der Waals surface area (Å²) in [4.78, 5) is 6.86. The maximum atomic E-state index is 12.1. The number of benzene rings is 1. The van der Waals surface area contributed by atoms with Crippen LogP contribution in [0.3, 0.4) is 0 Å². The van der Waals surface area contributed by atoms with Crippen molar-refractivity contribution >= 4 is 21.4 Å². The number of methoxy groups -OCH3 is 1. The van der Waals surface area contributed by atoms with Gasteiger partial charge in [0, 0.05) is 44.6 Å². The zero-order valence-electron chi connectivity index (χ0n) is 16.4. The summed E-state index contributed by atoms with van der Waals surface area (Å²) in [6.45, 7) is 3.87. The van der Waals surface area contributed by atoms with Crippen LogP contribution in [0.2, 0.25) is 0 Å². The van der Waals surface area contributed by atoms with Crippen LogP contribution in [0.4, 0.5) is 5.69 Å². The Morgan fingerprint density at radius 1 is 1.26 bits per heavy atom. The number of likely N-dealkylation sites (N-methyl/N-ethyl adjacent to an activating group) is 2. The maximum Gasteiger partial charge on any atom is 0.232 e. The van der Waals surface area contributed by atoms with Gasteiger partial charge in [0.05, 0.1) is 18.0 Å². The van der Waals surface area contributed by atoms with Gasteiger partial charge in [-0.05, 0) is 38.2 Å². The minimum atomic E-state index is -3.36. The summed E-state index contributed by atoms with van der Waals surface area (Å²) in [7, 11) is 2.24. The van der Waals surface area contributed by atoms with Crippen LogP contribution in [0.25, 0.3) is 0 Å². The summed E-state index contributed by atoms with van der Waals surface area (Å²) in [5.74, 6) is 0.0428. The van der Waals surface area contributed by atoms with E-state index in [1.807, 2.05) is 19.2 Å². The molecule has 1 heterocycles. The highest BCUT2D eigenvalue weighted by atomic mass is 32.2. The molecule has 0 spiro atoms. The molecule has 0 atom stereocenters. The summed E-state index contributed by atoms with van der Waals surface area (Å²) in [5, 5.41) is 3.15. The van der Waals surface area contributed by atoms with E-state index < -0.39 is 10.0 Å². The summed E-state index contributed by atoms with van der Waals surface area (Å²) in [6, 6.07) is 7.40. The van der Waals surface area contributed by atoms with Crippen molar-refractivity contribution in [2.24, 2.45) is 4.99 Å². The van der Waals surface area contributed by atoms with Gasteiger partial charge >= 0.3 is 0 Å². The molecular weight excluding hydrogens is 364 g/mol. The van der Waals surface area contributed by atoms with Crippen molar-refractivity contribution in [1.29, 1.82) is 0 Å². The van der Waals surface area contributed by atoms with E-state index >= 15 is 0 Å². The first-order chi connectivity index (χ1) is 12.9. The predicted octanol–water partition coefficient (Wildman–Crippen LogP) is 1.35. The third-order valence-electron chi connectivity index (χ3n) is 4.27. The highest BCUT2D eigenvalue weighted by molar-refractivity contribution is 7.92. The molecule has 1 aliphatic heterocycles. The normalized spacial score (nSPS) is 14.4. The molecule has 0 saturated heterocycles. The molecule has 0 unspecified atom stereocenters. The van der Waals surface area contributed by atoms with Gasteiger partial charge in [-0.15, -0.1) is 0 Å². The fourth-order valence-electron chi connectivity index (χ4n) is 2.85. The molecule has 150 valence electrons. The van der Waals surface area contributed by atoms with Crippen LogP contribution >= 0.6 is 0 Å². The fraction of sp³-hybridized carbons (Fsp3) is 0.526. The Balaban J connectivity index is 1.97. The number of aliphatic imine (C=N–C) groups is 1. The average molecular weight is 395 g/mol. The van der Waals surface area contributed by atoms with Crippen LogP contribution in [0.15, 0.2) is 40.9 Å². The van der Waals surface area contributed by atoms with Gasteiger partial charge in [0.15, 0.2) is 0 Å². The minimum absolute atomic E-state index is 0.0428. The van der Waals surface area contributed by atoms with Crippen LogP contribution in [0.1, 0.15) is 12.0 Å². The smallest absolute Gasteiger partial charge is 0.232 e. The van der Waals surface area contributed by atoms with Crippen LogP contribution < -0.4 is 10.0 Å². The standard InChI is InChI=1S/C19H30N4O3S/c1-20-11-12-23(2)15-17-9-10-21-19(17)16-5-7-18(8-6-16)22-27(24,25)14-4-13-26-3/h5-9,20,22H,4,10-15H2,1-3H3. The quantitative estimate of drug-likeness (QED) is 0.523. The van der Waals surface area contributed by atoms with Crippen molar-refractivity contribution in [2.45, 2.75) is 6.42 Å². The Hall–Kier alpha value is -1.74. The topological polar surface area (TPSA) is 83.0 Å². The van der Waals surface area contributed by atoms with E-state index in [4.69, 9.17) is 4.74 Å². The molecular formula is C19H30N4O3S. The third kappa shape index (κ3) is 7.06. The van der Waals surface area contributed by atoms with E-state index in [0.717, 1.165) is 30.9 Å². The number of anilines is 1. The summed E-state index contributed by atoms with van der Waals surface area (Å²) in [5.41, 5.74) is 3.76. The van der Waals surface area contributed by atoms with Crippen molar-refractivity contribution in [1.82, 2.24) is 10.2 Å². The van der Waals surface area contributed by atoms with Crippen molar-refractivity contribution in [3.63, 3.8) is 0 Å². The van der Waals surface area contributed by atoms with Crippen LogP contribution in [0, 0.1) is 0 Å². The molecule has 0 aliphatic carbocycles. The first-order valence-electron chi connectivity index (χ1n) is 9.12. The predicted molar refractivity (Wildman–Crippen MR) is 111 cm³/mol. The van der Waals surface area contributed by atoms with Gasteiger partial charge in [0.1, 0.15) is 0 Å². The lowest BCUT2D eigenvalue weighted by molar-refractivity contribution is 0.199. The van der Waals surface area contributed by atoms with Gasteiger partial charge in [-0.25, -0.2) is 8.42 Å². The number of sulfonamides is 1. The molecule has 0 aromatic heterocycles. The van der Waals surface area contributed by atoms with Gasteiger partial charge < -0.3 is 15.0 Å².